The van der Waals surface area contributed by atoms with Crippen LogP contribution in [0, 0.1) is 17.5 Å². The van der Waals surface area contributed by atoms with Crippen LogP contribution >= 0.6 is 15.9 Å². The number of hydrogen-bond donors (Lipinski definition) is 1. The SMILES string of the molecule is CC(NS(=O)(=O)c1ccc(F)c(F)c1F)c1ccc(Br)cc1. The standard InChI is InChI=1S/C14H11BrF3NO2S/c1-8(9-2-4-10(15)5-3-9)19-22(20,21)12-7-6-11(16)13(17)14(12)18/h2-8,19H,1H3. The summed E-state index contributed by atoms with van der Waals surface area (Å²) in [6, 6.07) is 7.38. The zero-order valence-corrected chi connectivity index (χ0v) is 13.7. The molecule has 0 saturated carbocycles. The highest BCUT2D eigenvalue weighted by Gasteiger charge is 2.25. The minimum atomic E-state index is -4.33. The van der Waals surface area contributed by atoms with Crippen molar-refractivity contribution in [2.45, 2.75) is 17.9 Å². The molecule has 1 N–H and O–H groups in total. The summed E-state index contributed by atoms with van der Waals surface area (Å²) < 4.78 is 67.0. The highest BCUT2D eigenvalue weighted by atomic mass is 79.9. The molecule has 8 heteroatoms. The van der Waals surface area contributed by atoms with Gasteiger partial charge in [-0.25, -0.2) is 26.3 Å². The molecular formula is C14H11BrF3NO2S. The Balaban J connectivity index is 2.32. The first kappa shape index (κ1) is 17.0. The van der Waals surface area contributed by atoms with E-state index >= 15 is 0 Å². The van der Waals surface area contributed by atoms with E-state index in [4.69, 9.17) is 0 Å². The zero-order valence-electron chi connectivity index (χ0n) is 11.3. The van der Waals surface area contributed by atoms with Gasteiger partial charge in [-0.05, 0) is 36.8 Å². The Kier molecular flexibility index (Phi) is 4.93. The summed E-state index contributed by atoms with van der Waals surface area (Å²) in [5.74, 6) is -5.01. The van der Waals surface area contributed by atoms with Gasteiger partial charge < -0.3 is 0 Å². The van der Waals surface area contributed by atoms with Gasteiger partial charge in [-0.15, -0.1) is 0 Å². The average Bonchev–Trinajstić information content (AvgIpc) is 2.44. The molecule has 2 aromatic rings. The Morgan fingerprint density at radius 1 is 1.00 bits per heavy atom. The molecule has 0 aliphatic carbocycles. The molecule has 0 spiro atoms. The maximum atomic E-state index is 13.6. The van der Waals surface area contributed by atoms with Crippen molar-refractivity contribution in [2.24, 2.45) is 0 Å². The molecule has 2 aromatic carbocycles. The molecule has 0 heterocycles. The van der Waals surface area contributed by atoms with E-state index in [0.717, 1.165) is 4.47 Å². The summed E-state index contributed by atoms with van der Waals surface area (Å²) in [5, 5.41) is 0. The van der Waals surface area contributed by atoms with E-state index in [1.54, 1.807) is 31.2 Å². The first-order valence-corrected chi connectivity index (χ1v) is 8.41. The van der Waals surface area contributed by atoms with Crippen molar-refractivity contribution in [1.29, 1.82) is 0 Å². The summed E-state index contributed by atoms with van der Waals surface area (Å²) in [7, 11) is -4.33. The highest BCUT2D eigenvalue weighted by molar-refractivity contribution is 9.10. The smallest absolute Gasteiger partial charge is 0.207 e. The quantitative estimate of drug-likeness (QED) is 0.800. The number of halogens is 4. The van der Waals surface area contributed by atoms with Crippen LogP contribution in [0.2, 0.25) is 0 Å². The van der Waals surface area contributed by atoms with Crippen molar-refractivity contribution in [3.05, 3.63) is 63.9 Å². The molecule has 22 heavy (non-hydrogen) atoms. The summed E-state index contributed by atoms with van der Waals surface area (Å²) in [5.41, 5.74) is 0.634. The third-order valence-electron chi connectivity index (χ3n) is 2.99. The molecule has 0 aliphatic heterocycles. The molecule has 118 valence electrons. The third kappa shape index (κ3) is 3.50. The van der Waals surface area contributed by atoms with E-state index in [-0.39, 0.29) is 0 Å². The molecule has 3 nitrogen and oxygen atoms in total. The van der Waals surface area contributed by atoms with Crippen molar-refractivity contribution < 1.29 is 21.6 Å². The van der Waals surface area contributed by atoms with Crippen molar-refractivity contribution in [1.82, 2.24) is 4.72 Å². The Bertz CT molecular complexity index is 794. The topological polar surface area (TPSA) is 46.2 Å². The molecule has 0 amide bonds. The van der Waals surface area contributed by atoms with Crippen LogP contribution < -0.4 is 4.72 Å². The van der Waals surface area contributed by atoms with E-state index in [1.165, 1.54) is 0 Å². The molecule has 1 unspecified atom stereocenters. The predicted molar refractivity (Wildman–Crippen MR) is 79.2 cm³/mol. The Morgan fingerprint density at radius 3 is 2.18 bits per heavy atom. The largest absolute Gasteiger partial charge is 0.244 e. The van der Waals surface area contributed by atoms with Gasteiger partial charge >= 0.3 is 0 Å². The minimum absolute atomic E-state index is 0.567. The van der Waals surface area contributed by atoms with E-state index in [1.807, 2.05) is 0 Å². The molecule has 0 aliphatic rings. The van der Waals surface area contributed by atoms with Crippen LogP contribution in [-0.4, -0.2) is 8.42 Å². The molecular weight excluding hydrogens is 383 g/mol. The van der Waals surface area contributed by atoms with Crippen LogP contribution in [0.1, 0.15) is 18.5 Å². The summed E-state index contributed by atoms with van der Waals surface area (Å²) in [4.78, 5) is -0.935. The lowest BCUT2D eigenvalue weighted by atomic mass is 10.1. The van der Waals surface area contributed by atoms with Gasteiger partial charge in [0.05, 0.1) is 0 Å². The van der Waals surface area contributed by atoms with E-state index < -0.39 is 38.4 Å². The molecule has 1 atom stereocenters. The van der Waals surface area contributed by atoms with Gasteiger partial charge in [-0.3, -0.25) is 0 Å². The first-order chi connectivity index (χ1) is 10.2. The first-order valence-electron chi connectivity index (χ1n) is 6.13. The van der Waals surface area contributed by atoms with Gasteiger partial charge in [0, 0.05) is 10.5 Å². The summed E-state index contributed by atoms with van der Waals surface area (Å²) in [6.07, 6.45) is 0. The lowest BCUT2D eigenvalue weighted by Crippen LogP contribution is -2.28. The monoisotopic (exact) mass is 393 g/mol. The Labute approximate surface area is 134 Å². The van der Waals surface area contributed by atoms with Crippen molar-refractivity contribution in [3.8, 4) is 0 Å². The fraction of sp³-hybridized carbons (Fsp3) is 0.143. The van der Waals surface area contributed by atoms with Gasteiger partial charge in [-0.1, -0.05) is 28.1 Å². The number of benzene rings is 2. The fourth-order valence-corrected chi connectivity index (χ4v) is 3.40. The van der Waals surface area contributed by atoms with Gasteiger partial charge in [0.15, 0.2) is 17.5 Å². The van der Waals surface area contributed by atoms with E-state index in [2.05, 4.69) is 20.7 Å². The Hall–Kier alpha value is -1.38. The number of sulfonamides is 1. The van der Waals surface area contributed by atoms with Crippen LogP contribution in [-0.2, 0) is 10.0 Å². The maximum absolute atomic E-state index is 13.6. The summed E-state index contributed by atoms with van der Waals surface area (Å²) >= 11 is 3.25. The van der Waals surface area contributed by atoms with Gasteiger partial charge in [0.2, 0.25) is 10.0 Å². The normalized spacial score (nSPS) is 13.1. The van der Waals surface area contributed by atoms with Crippen molar-refractivity contribution in [2.75, 3.05) is 0 Å². The van der Waals surface area contributed by atoms with Crippen LogP contribution in [0.5, 0.6) is 0 Å². The van der Waals surface area contributed by atoms with Gasteiger partial charge in [0.1, 0.15) is 4.90 Å². The molecule has 2 rings (SSSR count). The molecule has 0 radical (unpaired) electrons. The maximum Gasteiger partial charge on any atom is 0.244 e. The fourth-order valence-electron chi connectivity index (χ4n) is 1.83. The average molecular weight is 394 g/mol. The van der Waals surface area contributed by atoms with Crippen LogP contribution in [0.3, 0.4) is 0 Å². The third-order valence-corrected chi connectivity index (χ3v) is 5.08. The second-order valence-electron chi connectivity index (χ2n) is 4.57. The number of rotatable bonds is 4. The minimum Gasteiger partial charge on any atom is -0.207 e. The highest BCUT2D eigenvalue weighted by Crippen LogP contribution is 2.23. The lowest BCUT2D eigenvalue weighted by Gasteiger charge is -2.15. The van der Waals surface area contributed by atoms with Crippen molar-refractivity contribution >= 4 is 26.0 Å². The lowest BCUT2D eigenvalue weighted by molar-refractivity contribution is 0.431. The second-order valence-corrected chi connectivity index (χ2v) is 7.17. The predicted octanol–water partition coefficient (Wildman–Crippen LogP) is 3.91. The molecule has 0 bridgehead atoms. The molecule has 0 aromatic heterocycles. The van der Waals surface area contributed by atoms with E-state index in [9.17, 15) is 21.6 Å². The summed E-state index contributed by atoms with van der Waals surface area (Å²) in [6.45, 7) is 1.55. The molecule has 0 fully saturated rings. The van der Waals surface area contributed by atoms with E-state index in [0.29, 0.717) is 17.7 Å². The zero-order chi connectivity index (χ0) is 16.5. The van der Waals surface area contributed by atoms with Gasteiger partial charge in [0.25, 0.3) is 0 Å². The second kappa shape index (κ2) is 6.39. The molecule has 0 saturated heterocycles. The number of nitrogens with one attached hydrogen (secondary N) is 1. The Morgan fingerprint density at radius 2 is 1.59 bits per heavy atom. The van der Waals surface area contributed by atoms with Gasteiger partial charge in [-0.2, -0.15) is 0 Å². The number of hydrogen-bond acceptors (Lipinski definition) is 2. The van der Waals surface area contributed by atoms with Crippen molar-refractivity contribution in [3.63, 3.8) is 0 Å². The van der Waals surface area contributed by atoms with Crippen LogP contribution in [0.25, 0.3) is 0 Å². The van der Waals surface area contributed by atoms with Crippen LogP contribution in [0.15, 0.2) is 45.8 Å². The van der Waals surface area contributed by atoms with Crippen LogP contribution in [0.4, 0.5) is 13.2 Å².